The minimum Gasteiger partial charge on any atom is -0.345 e. The van der Waals surface area contributed by atoms with Crippen molar-refractivity contribution in [1.29, 1.82) is 0 Å². The number of halogens is 1. The van der Waals surface area contributed by atoms with Gasteiger partial charge in [0.25, 0.3) is 11.6 Å². The molecule has 1 atom stereocenters. The summed E-state index contributed by atoms with van der Waals surface area (Å²) < 4.78 is 1.99. The predicted molar refractivity (Wildman–Crippen MR) is 119 cm³/mol. The van der Waals surface area contributed by atoms with Crippen LogP contribution in [0, 0.1) is 10.1 Å². The van der Waals surface area contributed by atoms with Crippen molar-refractivity contribution in [3.05, 3.63) is 105 Å². The minimum atomic E-state index is -0.607. The van der Waals surface area contributed by atoms with Crippen molar-refractivity contribution >= 4 is 34.2 Å². The zero-order chi connectivity index (χ0) is 22.0. The number of amides is 1. The second kappa shape index (κ2) is 8.57. The lowest BCUT2D eigenvalue weighted by Gasteiger charge is -2.19. The Bertz CT molecular complexity index is 1270. The van der Waals surface area contributed by atoms with E-state index in [0.717, 1.165) is 22.4 Å². The molecule has 4 rings (SSSR count). The number of hydrogen-bond donors (Lipinski definition) is 1. The first-order valence-corrected chi connectivity index (χ1v) is 10.0. The van der Waals surface area contributed by atoms with E-state index < -0.39 is 16.9 Å². The van der Waals surface area contributed by atoms with E-state index in [1.807, 2.05) is 66.2 Å². The summed E-state index contributed by atoms with van der Waals surface area (Å²) in [5, 5.41) is 14.6. The highest BCUT2D eigenvalue weighted by molar-refractivity contribution is 6.31. The zero-order valence-corrected chi connectivity index (χ0v) is 17.4. The van der Waals surface area contributed by atoms with E-state index in [1.165, 1.54) is 18.2 Å². The number of rotatable bonds is 6. The number of nitrogens with zero attached hydrogens (tertiary/aromatic N) is 3. The highest BCUT2D eigenvalue weighted by Crippen LogP contribution is 2.26. The van der Waals surface area contributed by atoms with Crippen LogP contribution in [0.1, 0.15) is 27.8 Å². The maximum Gasteiger partial charge on any atom is 0.283 e. The van der Waals surface area contributed by atoms with Crippen molar-refractivity contribution in [1.82, 2.24) is 14.9 Å². The van der Waals surface area contributed by atoms with Gasteiger partial charge < -0.3 is 9.88 Å². The van der Waals surface area contributed by atoms with Gasteiger partial charge in [-0.3, -0.25) is 14.9 Å². The van der Waals surface area contributed by atoms with E-state index >= 15 is 0 Å². The van der Waals surface area contributed by atoms with Crippen LogP contribution in [0.25, 0.3) is 11.0 Å². The third kappa shape index (κ3) is 4.27. The average Bonchev–Trinajstić information content (AvgIpc) is 3.09. The van der Waals surface area contributed by atoms with Crippen LogP contribution in [0.2, 0.25) is 5.02 Å². The third-order valence-corrected chi connectivity index (χ3v) is 5.41. The largest absolute Gasteiger partial charge is 0.345 e. The van der Waals surface area contributed by atoms with E-state index in [0.29, 0.717) is 6.42 Å². The molecule has 0 spiro atoms. The molecule has 0 saturated heterocycles. The smallest absolute Gasteiger partial charge is 0.283 e. The summed E-state index contributed by atoms with van der Waals surface area (Å²) in [4.78, 5) is 28.5. The Labute approximate surface area is 183 Å². The molecular formula is C23H19ClN4O3. The Morgan fingerprint density at radius 3 is 2.55 bits per heavy atom. The number of nitro benzene ring substituents is 1. The quantitative estimate of drug-likeness (QED) is 0.347. The number of imidazole rings is 1. The first kappa shape index (κ1) is 20.6. The third-order valence-electron chi connectivity index (χ3n) is 5.17. The number of fused-ring (bicyclic) bond motifs is 1. The molecule has 1 amide bonds. The van der Waals surface area contributed by atoms with Crippen molar-refractivity contribution in [3.8, 4) is 0 Å². The summed E-state index contributed by atoms with van der Waals surface area (Å²) >= 11 is 5.88. The Kier molecular flexibility index (Phi) is 5.68. The fraction of sp³-hybridized carbons (Fsp3) is 0.130. The number of carbonyl (C=O) groups excluding carboxylic acids is 1. The van der Waals surface area contributed by atoms with Crippen molar-refractivity contribution in [2.75, 3.05) is 0 Å². The second-order valence-corrected chi connectivity index (χ2v) is 7.57. The molecule has 1 N–H and O–H groups in total. The van der Waals surface area contributed by atoms with E-state index in [1.54, 1.807) is 0 Å². The lowest BCUT2D eigenvalue weighted by Crippen LogP contribution is -2.31. The summed E-state index contributed by atoms with van der Waals surface area (Å²) in [5.74, 6) is 0.247. The maximum absolute atomic E-state index is 13.0. The lowest BCUT2D eigenvalue weighted by atomic mass is 10.0. The first-order chi connectivity index (χ1) is 14.9. The fourth-order valence-corrected chi connectivity index (χ4v) is 3.75. The molecule has 7 nitrogen and oxygen atoms in total. The Balaban J connectivity index is 1.69. The van der Waals surface area contributed by atoms with Crippen molar-refractivity contribution in [3.63, 3.8) is 0 Å². The molecule has 1 heterocycles. The molecule has 0 aliphatic carbocycles. The summed E-state index contributed by atoms with van der Waals surface area (Å²) in [6.07, 6.45) is 0.419. The number of nitro groups is 1. The van der Waals surface area contributed by atoms with Gasteiger partial charge in [0.05, 0.1) is 22.0 Å². The van der Waals surface area contributed by atoms with Gasteiger partial charge in [-0.25, -0.2) is 4.98 Å². The Morgan fingerprint density at radius 2 is 1.84 bits per heavy atom. The Hall–Kier alpha value is -3.71. The van der Waals surface area contributed by atoms with E-state index in [4.69, 9.17) is 16.6 Å². The number of benzene rings is 3. The molecular weight excluding hydrogens is 416 g/mol. The molecule has 0 aliphatic heterocycles. The Morgan fingerprint density at radius 1 is 1.13 bits per heavy atom. The van der Waals surface area contributed by atoms with E-state index in [-0.39, 0.29) is 16.3 Å². The number of nitrogens with one attached hydrogen (secondary N) is 1. The van der Waals surface area contributed by atoms with Gasteiger partial charge in [0.15, 0.2) is 0 Å². The summed E-state index contributed by atoms with van der Waals surface area (Å²) in [5.41, 5.74) is 2.36. The molecule has 1 aromatic heterocycles. The van der Waals surface area contributed by atoms with Crippen LogP contribution in [0.15, 0.2) is 72.8 Å². The number of hydrogen-bond acceptors (Lipinski definition) is 4. The topological polar surface area (TPSA) is 90.1 Å². The minimum absolute atomic E-state index is 0.0414. The van der Waals surface area contributed by atoms with Gasteiger partial charge >= 0.3 is 0 Å². The zero-order valence-electron chi connectivity index (χ0n) is 16.7. The lowest BCUT2D eigenvalue weighted by molar-refractivity contribution is -0.385. The highest BCUT2D eigenvalue weighted by atomic mass is 35.5. The summed E-state index contributed by atoms with van der Waals surface area (Å²) in [7, 11) is 1.93. The standard InChI is InChI=1S/C23H19ClN4O3/c1-27-20-10-6-5-9-18(20)25-22(27)14-19(15-7-3-2-4-8-15)26-23(29)17-12-11-16(24)13-21(17)28(30)31/h2-13,19H,14H2,1H3,(H,26,29)/t19-/m0/s1. The summed E-state index contributed by atoms with van der Waals surface area (Å²) in [6, 6.07) is 20.8. The van der Waals surface area contributed by atoms with E-state index in [2.05, 4.69) is 5.32 Å². The molecule has 4 aromatic rings. The number of carbonyl (C=O) groups is 1. The molecule has 156 valence electrons. The second-order valence-electron chi connectivity index (χ2n) is 7.14. The van der Waals surface area contributed by atoms with Gasteiger partial charge in [0, 0.05) is 24.6 Å². The fourth-order valence-electron chi connectivity index (χ4n) is 3.58. The van der Waals surface area contributed by atoms with Crippen LogP contribution in [-0.4, -0.2) is 20.4 Å². The van der Waals surface area contributed by atoms with Crippen molar-refractivity contribution in [2.24, 2.45) is 7.05 Å². The van der Waals surface area contributed by atoms with Crippen molar-refractivity contribution in [2.45, 2.75) is 12.5 Å². The van der Waals surface area contributed by atoms with Gasteiger partial charge in [0.2, 0.25) is 0 Å². The molecule has 0 aliphatic rings. The van der Waals surface area contributed by atoms with Crippen LogP contribution < -0.4 is 5.32 Å². The van der Waals surface area contributed by atoms with Crippen LogP contribution in [-0.2, 0) is 13.5 Å². The molecule has 0 saturated carbocycles. The maximum atomic E-state index is 13.0. The van der Waals surface area contributed by atoms with Crippen molar-refractivity contribution < 1.29 is 9.72 Å². The molecule has 0 unspecified atom stereocenters. The average molecular weight is 435 g/mol. The molecule has 0 radical (unpaired) electrons. The highest BCUT2D eigenvalue weighted by Gasteiger charge is 2.25. The number of para-hydroxylation sites is 2. The number of aryl methyl sites for hydroxylation is 1. The van der Waals surface area contributed by atoms with Crippen LogP contribution in [0.3, 0.4) is 0 Å². The number of aromatic nitrogens is 2. The summed E-state index contributed by atoms with van der Waals surface area (Å²) in [6.45, 7) is 0. The molecule has 8 heteroatoms. The van der Waals surface area contributed by atoms with Gasteiger partial charge in [-0.2, -0.15) is 0 Å². The molecule has 31 heavy (non-hydrogen) atoms. The van der Waals surface area contributed by atoms with Crippen LogP contribution in [0.4, 0.5) is 5.69 Å². The van der Waals surface area contributed by atoms with Crippen LogP contribution >= 0.6 is 11.6 Å². The molecule has 3 aromatic carbocycles. The normalized spacial score (nSPS) is 11.9. The predicted octanol–water partition coefficient (Wildman–Crippen LogP) is 4.85. The molecule has 0 fully saturated rings. The van der Waals surface area contributed by atoms with Crippen LogP contribution in [0.5, 0.6) is 0 Å². The van der Waals surface area contributed by atoms with Gasteiger partial charge in [-0.05, 0) is 29.8 Å². The molecule has 0 bridgehead atoms. The van der Waals surface area contributed by atoms with Gasteiger partial charge in [-0.15, -0.1) is 0 Å². The SMILES string of the molecule is Cn1c(C[C@H](NC(=O)c2ccc(Cl)cc2[N+](=O)[O-])c2ccccc2)nc2ccccc21. The van der Waals surface area contributed by atoms with E-state index in [9.17, 15) is 14.9 Å². The van der Waals surface area contributed by atoms with Gasteiger partial charge in [-0.1, -0.05) is 54.1 Å². The first-order valence-electron chi connectivity index (χ1n) is 9.64. The van der Waals surface area contributed by atoms with Gasteiger partial charge in [0.1, 0.15) is 11.4 Å². The monoisotopic (exact) mass is 434 g/mol.